The van der Waals surface area contributed by atoms with Crippen LogP contribution in [0, 0.1) is 0 Å². The van der Waals surface area contributed by atoms with Crippen LogP contribution >= 0.6 is 15.9 Å². The van der Waals surface area contributed by atoms with Crippen molar-refractivity contribution in [2.24, 2.45) is 0 Å². The summed E-state index contributed by atoms with van der Waals surface area (Å²) < 4.78 is 6.53. The minimum Gasteiger partial charge on any atom is -0.476 e. The Balaban J connectivity index is 1.82. The molecular formula is C10H13BrN2O. The fourth-order valence-electron chi connectivity index (χ4n) is 1.53. The third kappa shape index (κ3) is 2.69. The molecule has 4 heteroatoms. The predicted octanol–water partition coefficient (Wildman–Crippen LogP) is 1.97. The Kier molecular flexibility index (Phi) is 3.37. The second-order valence-corrected chi connectivity index (χ2v) is 4.33. The van der Waals surface area contributed by atoms with E-state index < -0.39 is 0 Å². The van der Waals surface area contributed by atoms with E-state index in [1.165, 1.54) is 12.8 Å². The molecule has 1 aromatic heterocycles. The fraction of sp³-hybridized carbons (Fsp3) is 0.500. The van der Waals surface area contributed by atoms with Crippen molar-refractivity contribution in [1.29, 1.82) is 0 Å². The fourth-order valence-corrected chi connectivity index (χ4v) is 1.77. The summed E-state index contributed by atoms with van der Waals surface area (Å²) in [5.74, 6) is 0.696. The zero-order valence-corrected chi connectivity index (χ0v) is 9.46. The highest BCUT2D eigenvalue weighted by Gasteiger charge is 2.14. The molecule has 0 amide bonds. The lowest BCUT2D eigenvalue weighted by atomic mass is 10.2. The molecule has 2 heterocycles. The molecule has 76 valence electrons. The number of nitrogens with one attached hydrogen (secondary N) is 1. The highest BCUT2D eigenvalue weighted by atomic mass is 79.9. The molecule has 0 bridgehead atoms. The van der Waals surface area contributed by atoms with E-state index in [-0.39, 0.29) is 0 Å². The van der Waals surface area contributed by atoms with E-state index in [1.807, 2.05) is 12.1 Å². The van der Waals surface area contributed by atoms with Crippen molar-refractivity contribution in [2.75, 3.05) is 13.2 Å². The van der Waals surface area contributed by atoms with Gasteiger partial charge in [0.2, 0.25) is 5.88 Å². The van der Waals surface area contributed by atoms with Crippen molar-refractivity contribution in [1.82, 2.24) is 10.3 Å². The van der Waals surface area contributed by atoms with Crippen LogP contribution in [0.3, 0.4) is 0 Å². The molecule has 1 atom stereocenters. The Hall–Kier alpha value is -0.610. The maximum absolute atomic E-state index is 5.55. The van der Waals surface area contributed by atoms with Gasteiger partial charge in [0, 0.05) is 22.8 Å². The van der Waals surface area contributed by atoms with Crippen LogP contribution in [0.15, 0.2) is 22.8 Å². The lowest BCUT2D eigenvalue weighted by Crippen LogP contribution is -2.28. The number of halogens is 1. The standard InChI is InChI=1S/C10H13BrN2O/c11-8-3-4-10(13-6-8)14-7-9-2-1-5-12-9/h3-4,6,9,12H,1-2,5,7H2. The third-order valence-electron chi connectivity index (χ3n) is 2.30. The summed E-state index contributed by atoms with van der Waals surface area (Å²) >= 11 is 3.33. The van der Waals surface area contributed by atoms with Gasteiger partial charge in [0.25, 0.3) is 0 Å². The maximum atomic E-state index is 5.55. The smallest absolute Gasteiger partial charge is 0.213 e. The molecule has 3 nitrogen and oxygen atoms in total. The Labute approximate surface area is 92.0 Å². The zero-order chi connectivity index (χ0) is 9.80. The molecule has 2 rings (SSSR count). The molecule has 1 aliphatic rings. The first-order valence-electron chi connectivity index (χ1n) is 4.82. The summed E-state index contributed by atoms with van der Waals surface area (Å²) in [6.45, 7) is 1.83. The highest BCUT2D eigenvalue weighted by molar-refractivity contribution is 9.10. The highest BCUT2D eigenvalue weighted by Crippen LogP contribution is 2.13. The molecule has 1 aliphatic heterocycles. The Morgan fingerprint density at radius 1 is 1.57 bits per heavy atom. The van der Waals surface area contributed by atoms with E-state index >= 15 is 0 Å². The average molecular weight is 257 g/mol. The number of rotatable bonds is 3. The SMILES string of the molecule is Brc1ccc(OCC2CCCN2)nc1. The molecule has 14 heavy (non-hydrogen) atoms. The number of ether oxygens (including phenoxy) is 1. The van der Waals surface area contributed by atoms with Crippen molar-refractivity contribution in [3.63, 3.8) is 0 Å². The summed E-state index contributed by atoms with van der Waals surface area (Å²) in [5.41, 5.74) is 0. The molecule has 1 unspecified atom stereocenters. The monoisotopic (exact) mass is 256 g/mol. The van der Waals surface area contributed by atoms with E-state index in [2.05, 4.69) is 26.2 Å². The van der Waals surface area contributed by atoms with E-state index in [9.17, 15) is 0 Å². The van der Waals surface area contributed by atoms with Crippen LogP contribution in [0.25, 0.3) is 0 Å². The number of pyridine rings is 1. The second-order valence-electron chi connectivity index (χ2n) is 3.42. The number of nitrogens with zero attached hydrogens (tertiary/aromatic N) is 1. The largest absolute Gasteiger partial charge is 0.476 e. The molecule has 0 spiro atoms. The first kappa shape index (κ1) is 9.93. The van der Waals surface area contributed by atoms with Crippen molar-refractivity contribution in [2.45, 2.75) is 18.9 Å². The van der Waals surface area contributed by atoms with Gasteiger partial charge in [-0.1, -0.05) is 0 Å². The van der Waals surface area contributed by atoms with Gasteiger partial charge in [-0.05, 0) is 41.4 Å². The van der Waals surface area contributed by atoms with E-state index in [0.29, 0.717) is 18.5 Å². The van der Waals surface area contributed by atoms with Gasteiger partial charge in [-0.2, -0.15) is 0 Å². The summed E-state index contributed by atoms with van der Waals surface area (Å²) in [5, 5.41) is 3.38. The van der Waals surface area contributed by atoms with Crippen LogP contribution in [0.5, 0.6) is 5.88 Å². The van der Waals surface area contributed by atoms with Gasteiger partial charge in [0.15, 0.2) is 0 Å². The second kappa shape index (κ2) is 4.75. The van der Waals surface area contributed by atoms with Gasteiger partial charge in [-0.15, -0.1) is 0 Å². The summed E-state index contributed by atoms with van der Waals surface area (Å²) in [6.07, 6.45) is 4.20. The van der Waals surface area contributed by atoms with Gasteiger partial charge in [0.1, 0.15) is 6.61 Å². The van der Waals surface area contributed by atoms with Crippen molar-refractivity contribution in [3.05, 3.63) is 22.8 Å². The van der Waals surface area contributed by atoms with Crippen LogP contribution in [0.4, 0.5) is 0 Å². The van der Waals surface area contributed by atoms with E-state index in [1.54, 1.807) is 6.20 Å². The summed E-state index contributed by atoms with van der Waals surface area (Å²) in [6, 6.07) is 4.31. The van der Waals surface area contributed by atoms with Crippen LogP contribution in [-0.2, 0) is 0 Å². The van der Waals surface area contributed by atoms with Crippen LogP contribution in [0.1, 0.15) is 12.8 Å². The molecule has 0 aliphatic carbocycles. The molecule has 0 aromatic carbocycles. The van der Waals surface area contributed by atoms with Crippen LogP contribution < -0.4 is 10.1 Å². The molecule has 1 saturated heterocycles. The number of aromatic nitrogens is 1. The lowest BCUT2D eigenvalue weighted by molar-refractivity contribution is 0.267. The summed E-state index contributed by atoms with van der Waals surface area (Å²) in [4.78, 5) is 4.14. The Morgan fingerprint density at radius 2 is 2.50 bits per heavy atom. The molecule has 0 saturated carbocycles. The van der Waals surface area contributed by atoms with E-state index in [0.717, 1.165) is 11.0 Å². The summed E-state index contributed by atoms with van der Waals surface area (Å²) in [7, 11) is 0. The topological polar surface area (TPSA) is 34.1 Å². The predicted molar refractivity (Wildman–Crippen MR) is 58.5 cm³/mol. The first-order chi connectivity index (χ1) is 6.84. The first-order valence-corrected chi connectivity index (χ1v) is 5.61. The van der Waals surface area contributed by atoms with Crippen molar-refractivity contribution in [3.8, 4) is 5.88 Å². The van der Waals surface area contributed by atoms with Crippen LogP contribution in [0.2, 0.25) is 0 Å². The Bertz CT molecular complexity index is 283. The third-order valence-corrected chi connectivity index (χ3v) is 2.76. The Morgan fingerprint density at radius 3 is 3.14 bits per heavy atom. The minimum atomic E-state index is 0.500. The van der Waals surface area contributed by atoms with Gasteiger partial charge < -0.3 is 10.1 Å². The number of hydrogen-bond acceptors (Lipinski definition) is 3. The quantitative estimate of drug-likeness (QED) is 0.898. The zero-order valence-electron chi connectivity index (χ0n) is 7.87. The van der Waals surface area contributed by atoms with E-state index in [4.69, 9.17) is 4.74 Å². The molecule has 1 fully saturated rings. The molecule has 0 radical (unpaired) electrons. The molecule has 1 N–H and O–H groups in total. The number of hydrogen-bond donors (Lipinski definition) is 1. The average Bonchev–Trinajstić information content (AvgIpc) is 2.70. The lowest BCUT2D eigenvalue weighted by Gasteiger charge is -2.10. The van der Waals surface area contributed by atoms with Crippen LogP contribution in [-0.4, -0.2) is 24.2 Å². The minimum absolute atomic E-state index is 0.500. The molecular weight excluding hydrogens is 244 g/mol. The van der Waals surface area contributed by atoms with Crippen molar-refractivity contribution < 1.29 is 4.74 Å². The van der Waals surface area contributed by atoms with Gasteiger partial charge in [0.05, 0.1) is 0 Å². The normalized spacial score (nSPS) is 21.1. The maximum Gasteiger partial charge on any atom is 0.213 e. The van der Waals surface area contributed by atoms with Crippen molar-refractivity contribution >= 4 is 15.9 Å². The van der Waals surface area contributed by atoms with Gasteiger partial charge >= 0.3 is 0 Å². The van der Waals surface area contributed by atoms with Gasteiger partial charge in [-0.25, -0.2) is 4.98 Å². The molecule has 1 aromatic rings. The van der Waals surface area contributed by atoms with Gasteiger partial charge in [-0.3, -0.25) is 0 Å².